The summed E-state index contributed by atoms with van der Waals surface area (Å²) < 4.78 is 4.33. The number of cyclic esters (lactones) is 1. The van der Waals surface area contributed by atoms with E-state index >= 15 is 0 Å². The molecule has 0 aromatic carbocycles. The number of carbonyl (C=O) groups is 1. The minimum Gasteiger partial charge on any atom is -0.431 e. The zero-order valence-corrected chi connectivity index (χ0v) is 4.07. The van der Waals surface area contributed by atoms with E-state index in [0.717, 1.165) is 11.3 Å². The van der Waals surface area contributed by atoms with Crippen molar-refractivity contribution in [1.29, 1.82) is 0 Å². The molecule has 0 aliphatic carbocycles. The summed E-state index contributed by atoms with van der Waals surface area (Å²) in [6.07, 6.45) is 2.40. The number of nitrogens with zero attached hydrogens (tertiary/aromatic N) is 1. The van der Waals surface area contributed by atoms with Crippen LogP contribution in [0.5, 0.6) is 0 Å². The molecule has 1 aliphatic heterocycles. The highest BCUT2D eigenvalue weighted by atomic mass is 16.6. The van der Waals surface area contributed by atoms with Crippen molar-refractivity contribution < 1.29 is 14.7 Å². The summed E-state index contributed by atoms with van der Waals surface area (Å²) in [5.74, 6) is -0.449. The normalized spacial score (nSPS) is 18.6. The minimum absolute atomic E-state index is 0.0868. The number of ether oxygens (including phenoxy) is 1. The van der Waals surface area contributed by atoms with Crippen LogP contribution in [0.4, 0.5) is 0 Å². The van der Waals surface area contributed by atoms with Gasteiger partial charge < -0.3 is 4.74 Å². The van der Waals surface area contributed by atoms with Crippen molar-refractivity contribution in [3.05, 3.63) is 12.5 Å². The first kappa shape index (κ1) is 5.11. The molecule has 1 rings (SSSR count). The van der Waals surface area contributed by atoms with E-state index in [0.29, 0.717) is 0 Å². The first-order chi connectivity index (χ1) is 3.79. The Bertz CT molecular complexity index is 131. The molecule has 0 atom stereocenters. The predicted molar refractivity (Wildman–Crippen MR) is 23.7 cm³/mol. The summed E-state index contributed by atoms with van der Waals surface area (Å²) in [5, 5.41) is 9.28. The van der Waals surface area contributed by atoms with Gasteiger partial charge in [0.2, 0.25) is 0 Å². The van der Waals surface area contributed by atoms with Gasteiger partial charge in [0, 0.05) is 0 Å². The van der Waals surface area contributed by atoms with Gasteiger partial charge in [0.15, 0.2) is 0 Å². The van der Waals surface area contributed by atoms with Gasteiger partial charge in [-0.25, -0.2) is 9.86 Å². The van der Waals surface area contributed by atoms with Gasteiger partial charge in [-0.3, -0.25) is 5.21 Å². The van der Waals surface area contributed by atoms with E-state index in [1.165, 1.54) is 6.20 Å². The quantitative estimate of drug-likeness (QED) is 0.440. The van der Waals surface area contributed by atoms with Gasteiger partial charge in [-0.2, -0.15) is 0 Å². The van der Waals surface area contributed by atoms with Crippen molar-refractivity contribution in [2.75, 3.05) is 6.54 Å². The molecule has 1 aliphatic rings. The van der Waals surface area contributed by atoms with E-state index in [4.69, 9.17) is 5.21 Å². The van der Waals surface area contributed by atoms with Crippen molar-refractivity contribution in [3.8, 4) is 0 Å². The third-order valence-corrected chi connectivity index (χ3v) is 0.724. The number of rotatable bonds is 0. The van der Waals surface area contributed by atoms with E-state index in [1.54, 1.807) is 0 Å². The molecule has 0 spiro atoms. The largest absolute Gasteiger partial charge is 0.431 e. The van der Waals surface area contributed by atoms with Crippen molar-refractivity contribution in [2.24, 2.45) is 0 Å². The zero-order chi connectivity index (χ0) is 5.98. The summed E-state index contributed by atoms with van der Waals surface area (Å²) in [7, 11) is 0. The highest BCUT2D eigenvalue weighted by Gasteiger charge is 2.08. The third kappa shape index (κ3) is 0.974. The van der Waals surface area contributed by atoms with Crippen molar-refractivity contribution >= 4 is 5.97 Å². The Morgan fingerprint density at radius 2 is 2.62 bits per heavy atom. The number of carbonyl (C=O) groups excluding carboxylic acids is 1. The average Bonchev–Trinajstić information content (AvgIpc) is 1.64. The molecule has 0 bridgehead atoms. The lowest BCUT2D eigenvalue weighted by molar-refractivity contribution is -0.151. The number of esters is 1. The Hall–Kier alpha value is -1.03. The fourth-order valence-corrected chi connectivity index (χ4v) is 0.399. The SMILES string of the molecule is O=C1CN(O)C=CO1. The highest BCUT2D eigenvalue weighted by Crippen LogP contribution is 1.93. The van der Waals surface area contributed by atoms with Gasteiger partial charge >= 0.3 is 5.97 Å². The molecule has 0 aromatic heterocycles. The first-order valence-corrected chi connectivity index (χ1v) is 2.11. The summed E-state index contributed by atoms with van der Waals surface area (Å²) in [6.45, 7) is -0.0868. The van der Waals surface area contributed by atoms with Crippen LogP contribution in [0.1, 0.15) is 0 Å². The Morgan fingerprint density at radius 3 is 3.00 bits per heavy atom. The maximum atomic E-state index is 10.2. The minimum atomic E-state index is -0.449. The summed E-state index contributed by atoms with van der Waals surface area (Å²) in [5.41, 5.74) is 0. The van der Waals surface area contributed by atoms with Gasteiger partial charge in [0.1, 0.15) is 12.8 Å². The van der Waals surface area contributed by atoms with E-state index in [1.807, 2.05) is 0 Å². The van der Waals surface area contributed by atoms with Gasteiger partial charge in [0.25, 0.3) is 0 Å². The fraction of sp³-hybridized carbons (Fsp3) is 0.250. The molecule has 0 saturated carbocycles. The lowest BCUT2D eigenvalue weighted by Gasteiger charge is -2.12. The van der Waals surface area contributed by atoms with Gasteiger partial charge in [-0.15, -0.1) is 0 Å². The van der Waals surface area contributed by atoms with E-state index in [-0.39, 0.29) is 6.54 Å². The second kappa shape index (κ2) is 1.83. The van der Waals surface area contributed by atoms with Crippen LogP contribution in [0, 0.1) is 0 Å². The summed E-state index contributed by atoms with van der Waals surface area (Å²) in [4.78, 5) is 10.2. The van der Waals surface area contributed by atoms with Crippen LogP contribution in [0.2, 0.25) is 0 Å². The van der Waals surface area contributed by atoms with Crippen LogP contribution in [-0.4, -0.2) is 22.8 Å². The molecule has 4 nitrogen and oxygen atoms in total. The molecular formula is C4H5NO3. The first-order valence-electron chi connectivity index (χ1n) is 2.11. The molecular weight excluding hydrogens is 110 g/mol. The van der Waals surface area contributed by atoms with Crippen LogP contribution in [0.3, 0.4) is 0 Å². The van der Waals surface area contributed by atoms with Crippen molar-refractivity contribution in [1.82, 2.24) is 5.06 Å². The molecule has 0 amide bonds. The van der Waals surface area contributed by atoms with Crippen LogP contribution in [0.25, 0.3) is 0 Å². The molecule has 0 radical (unpaired) electrons. The predicted octanol–water partition coefficient (Wildman–Crippen LogP) is -0.294. The van der Waals surface area contributed by atoms with Gasteiger partial charge in [0.05, 0.1) is 6.20 Å². The van der Waals surface area contributed by atoms with Crippen molar-refractivity contribution in [3.63, 3.8) is 0 Å². The monoisotopic (exact) mass is 115 g/mol. The molecule has 0 saturated heterocycles. The molecule has 4 heteroatoms. The van der Waals surface area contributed by atoms with Crippen LogP contribution in [-0.2, 0) is 9.53 Å². The lowest BCUT2D eigenvalue weighted by Crippen LogP contribution is -2.25. The average molecular weight is 115 g/mol. The molecule has 0 aromatic rings. The maximum absolute atomic E-state index is 10.2. The van der Waals surface area contributed by atoms with Gasteiger partial charge in [-0.05, 0) is 0 Å². The third-order valence-electron chi connectivity index (χ3n) is 0.724. The molecule has 0 fully saturated rings. The lowest BCUT2D eigenvalue weighted by atomic mass is 10.6. The second-order valence-corrected chi connectivity index (χ2v) is 1.37. The van der Waals surface area contributed by atoms with E-state index in [2.05, 4.69) is 4.74 Å². The zero-order valence-electron chi connectivity index (χ0n) is 4.07. The fourth-order valence-electron chi connectivity index (χ4n) is 0.399. The molecule has 1 N–H and O–H groups in total. The Kier molecular flexibility index (Phi) is 1.17. The molecule has 8 heavy (non-hydrogen) atoms. The van der Waals surface area contributed by atoms with E-state index in [9.17, 15) is 4.79 Å². The van der Waals surface area contributed by atoms with Crippen LogP contribution in [0.15, 0.2) is 12.5 Å². The number of hydroxylamine groups is 2. The van der Waals surface area contributed by atoms with E-state index < -0.39 is 5.97 Å². The summed E-state index contributed by atoms with van der Waals surface area (Å²) >= 11 is 0. The van der Waals surface area contributed by atoms with Crippen LogP contribution < -0.4 is 0 Å². The Balaban J connectivity index is 2.54. The maximum Gasteiger partial charge on any atom is 0.333 e. The van der Waals surface area contributed by atoms with Gasteiger partial charge in [-0.1, -0.05) is 0 Å². The number of hydrogen-bond donors (Lipinski definition) is 1. The Morgan fingerprint density at radius 1 is 1.88 bits per heavy atom. The standard InChI is InChI=1S/C4H5NO3/c6-4-3-5(7)1-2-8-4/h1-2,7H,3H2. The Labute approximate surface area is 45.9 Å². The number of hydrogen-bond acceptors (Lipinski definition) is 4. The molecule has 44 valence electrons. The smallest absolute Gasteiger partial charge is 0.333 e. The molecule has 0 unspecified atom stereocenters. The second-order valence-electron chi connectivity index (χ2n) is 1.37. The topological polar surface area (TPSA) is 49.8 Å². The van der Waals surface area contributed by atoms with Crippen molar-refractivity contribution in [2.45, 2.75) is 0 Å². The summed E-state index contributed by atoms with van der Waals surface area (Å²) in [6, 6.07) is 0. The highest BCUT2D eigenvalue weighted by molar-refractivity contribution is 5.72. The molecule has 1 heterocycles. The van der Waals surface area contributed by atoms with Crippen LogP contribution >= 0.6 is 0 Å².